The van der Waals surface area contributed by atoms with Crippen molar-refractivity contribution in [3.05, 3.63) is 74.4 Å². The summed E-state index contributed by atoms with van der Waals surface area (Å²) in [5, 5.41) is 9.71. The third-order valence-electron chi connectivity index (χ3n) is 6.01. The number of ether oxygens (including phenoxy) is 2. The van der Waals surface area contributed by atoms with Crippen molar-refractivity contribution in [2.24, 2.45) is 0 Å². The van der Waals surface area contributed by atoms with Gasteiger partial charge >= 0.3 is 5.69 Å². The Bertz CT molecular complexity index is 1630. The summed E-state index contributed by atoms with van der Waals surface area (Å²) in [6, 6.07) is 6.49. The third-order valence-corrected chi connectivity index (χ3v) is 6.30. The van der Waals surface area contributed by atoms with Crippen LogP contribution in [-0.2, 0) is 0 Å². The lowest BCUT2D eigenvalue weighted by molar-refractivity contribution is 0.191. The largest absolute Gasteiger partial charge is 0.480 e. The lowest BCUT2D eigenvalue weighted by Gasteiger charge is -2.21. The highest BCUT2D eigenvalue weighted by atomic mass is 35.5. The summed E-state index contributed by atoms with van der Waals surface area (Å²) in [4.78, 5) is 37.8. The fourth-order valence-electron chi connectivity index (χ4n) is 4.31. The molecule has 1 aliphatic heterocycles. The van der Waals surface area contributed by atoms with Crippen molar-refractivity contribution < 1.29 is 23.4 Å². The lowest BCUT2D eigenvalue weighted by atomic mass is 10.2. The van der Waals surface area contributed by atoms with Crippen LogP contribution >= 0.6 is 11.6 Å². The van der Waals surface area contributed by atoms with Crippen LogP contribution in [0, 0.1) is 5.82 Å². The van der Waals surface area contributed by atoms with Crippen LogP contribution in [0.5, 0.6) is 11.6 Å². The molecule has 4 heterocycles. The molecule has 0 amide bonds. The number of aliphatic hydroxyl groups excluding tert-OH is 1. The average molecular weight is 532 g/mol. The molecule has 1 N–H and O–H groups in total. The molecule has 1 aromatic carbocycles. The van der Waals surface area contributed by atoms with Gasteiger partial charge in [-0.25, -0.2) is 18.1 Å². The summed E-state index contributed by atoms with van der Waals surface area (Å²) in [6.07, 6.45) is 2.43. The van der Waals surface area contributed by atoms with E-state index in [-0.39, 0.29) is 38.9 Å². The molecular weight excluding hydrogens is 512 g/mol. The molecule has 0 radical (unpaired) electrons. The number of fused-ring (bicyclic) bond motifs is 1. The zero-order chi connectivity index (χ0) is 26.3. The number of hydrogen-bond donors (Lipinski definition) is 1. The molecule has 1 fully saturated rings. The second kappa shape index (κ2) is 9.79. The summed E-state index contributed by atoms with van der Waals surface area (Å²) >= 11 is 6.03. The van der Waals surface area contributed by atoms with E-state index in [0.717, 1.165) is 10.6 Å². The Hall–Kier alpha value is -4.03. The number of benzene rings is 1. The maximum atomic E-state index is 14.0. The predicted octanol–water partition coefficient (Wildman–Crippen LogP) is 2.61. The number of anilines is 1. The van der Waals surface area contributed by atoms with Crippen LogP contribution in [0.25, 0.3) is 22.3 Å². The van der Waals surface area contributed by atoms with E-state index in [0.29, 0.717) is 25.3 Å². The standard InChI is InChI=1S/C24H20ClF2N5O5/c1-36-22-21-19(8-20(29-22)30-5-4-15(33)11-30)31(13-2-3-18(27)17(25)7-13)24(35)32(23(21)34)14-6-16(37-12-26)10-28-9-14/h2-3,6-10,15,33H,4-5,11-12H2,1H3/t15-/m1/s1. The maximum absolute atomic E-state index is 14.0. The zero-order valence-corrected chi connectivity index (χ0v) is 20.2. The summed E-state index contributed by atoms with van der Waals surface area (Å²) in [5.41, 5.74) is -1.32. The Morgan fingerprint density at radius 2 is 1.97 bits per heavy atom. The molecule has 3 aromatic heterocycles. The fourth-order valence-corrected chi connectivity index (χ4v) is 4.48. The van der Waals surface area contributed by atoms with Crippen molar-refractivity contribution >= 4 is 28.3 Å². The van der Waals surface area contributed by atoms with Gasteiger partial charge in [0.15, 0.2) is 0 Å². The van der Waals surface area contributed by atoms with Gasteiger partial charge in [0.2, 0.25) is 12.7 Å². The minimum atomic E-state index is -1.14. The van der Waals surface area contributed by atoms with E-state index >= 15 is 0 Å². The van der Waals surface area contributed by atoms with Gasteiger partial charge in [-0.3, -0.25) is 14.3 Å². The maximum Gasteiger partial charge on any atom is 0.340 e. The number of β-amino-alcohol motifs (C(OH)–C–C–N with tert-alkyl or cyclic N) is 1. The predicted molar refractivity (Wildman–Crippen MR) is 132 cm³/mol. The first-order valence-electron chi connectivity index (χ1n) is 11.1. The lowest BCUT2D eigenvalue weighted by Crippen LogP contribution is -2.39. The highest BCUT2D eigenvalue weighted by Crippen LogP contribution is 2.30. The number of aliphatic hydroxyl groups is 1. The molecule has 13 heteroatoms. The number of halogens is 3. The SMILES string of the molecule is COc1nc(N2CC[C@@H](O)C2)cc2c1c(=O)n(-c1cncc(OCF)c1)c(=O)n2-c1ccc(F)c(Cl)c1. The van der Waals surface area contributed by atoms with E-state index in [9.17, 15) is 23.5 Å². The molecule has 192 valence electrons. The van der Waals surface area contributed by atoms with Crippen LogP contribution in [0.15, 0.2) is 52.3 Å². The van der Waals surface area contributed by atoms with E-state index in [1.165, 1.54) is 48.3 Å². The normalized spacial score (nSPS) is 15.4. The van der Waals surface area contributed by atoms with Crippen molar-refractivity contribution in [2.45, 2.75) is 12.5 Å². The number of alkyl halides is 1. The fraction of sp³-hybridized carbons (Fsp3) is 0.250. The first kappa shape index (κ1) is 24.7. The Balaban J connectivity index is 1.88. The molecule has 1 saturated heterocycles. The van der Waals surface area contributed by atoms with Gasteiger partial charge in [-0.1, -0.05) is 11.6 Å². The van der Waals surface area contributed by atoms with Gasteiger partial charge in [-0.2, -0.15) is 4.98 Å². The Labute approximate surface area is 212 Å². The molecule has 0 bridgehead atoms. The quantitative estimate of drug-likeness (QED) is 0.404. The van der Waals surface area contributed by atoms with Gasteiger partial charge < -0.3 is 19.5 Å². The van der Waals surface area contributed by atoms with Crippen LogP contribution in [0.4, 0.5) is 14.6 Å². The van der Waals surface area contributed by atoms with Gasteiger partial charge in [-0.15, -0.1) is 0 Å². The first-order chi connectivity index (χ1) is 17.8. The minimum Gasteiger partial charge on any atom is -0.480 e. The van der Waals surface area contributed by atoms with Crippen LogP contribution in [-0.4, -0.2) is 57.4 Å². The number of pyridine rings is 2. The monoisotopic (exact) mass is 531 g/mol. The molecule has 0 unspecified atom stereocenters. The highest BCUT2D eigenvalue weighted by Gasteiger charge is 2.26. The van der Waals surface area contributed by atoms with Crippen molar-refractivity contribution in [3.63, 3.8) is 0 Å². The van der Waals surface area contributed by atoms with Crippen molar-refractivity contribution in [1.29, 1.82) is 0 Å². The highest BCUT2D eigenvalue weighted by molar-refractivity contribution is 6.30. The second-order valence-corrected chi connectivity index (χ2v) is 8.67. The first-order valence-corrected chi connectivity index (χ1v) is 11.5. The van der Waals surface area contributed by atoms with E-state index in [1.54, 1.807) is 4.90 Å². The van der Waals surface area contributed by atoms with Crippen LogP contribution in [0.3, 0.4) is 0 Å². The third kappa shape index (κ3) is 4.38. The number of methoxy groups -OCH3 is 1. The molecule has 10 nitrogen and oxygen atoms in total. The molecule has 5 rings (SSSR count). The van der Waals surface area contributed by atoms with Crippen molar-refractivity contribution in [2.75, 3.05) is 32.0 Å². The molecular formula is C24H20ClF2N5O5. The van der Waals surface area contributed by atoms with Crippen LogP contribution < -0.4 is 25.6 Å². The Morgan fingerprint density at radius 3 is 2.65 bits per heavy atom. The summed E-state index contributed by atoms with van der Waals surface area (Å²) < 4.78 is 39.0. The topological polar surface area (TPSA) is 112 Å². The van der Waals surface area contributed by atoms with E-state index in [1.807, 2.05) is 0 Å². The molecule has 0 saturated carbocycles. The average Bonchev–Trinajstić information content (AvgIpc) is 3.32. The van der Waals surface area contributed by atoms with Crippen LogP contribution in [0.1, 0.15) is 6.42 Å². The van der Waals surface area contributed by atoms with Crippen molar-refractivity contribution in [1.82, 2.24) is 19.1 Å². The summed E-state index contributed by atoms with van der Waals surface area (Å²) in [7, 11) is 1.33. The van der Waals surface area contributed by atoms with Gasteiger partial charge in [-0.05, 0) is 24.6 Å². The molecule has 1 aliphatic rings. The van der Waals surface area contributed by atoms with E-state index in [4.69, 9.17) is 21.1 Å². The Morgan fingerprint density at radius 1 is 1.16 bits per heavy atom. The molecule has 37 heavy (non-hydrogen) atoms. The number of hydrogen-bond acceptors (Lipinski definition) is 8. The van der Waals surface area contributed by atoms with Gasteiger partial charge in [0, 0.05) is 25.2 Å². The van der Waals surface area contributed by atoms with Gasteiger partial charge in [0.1, 0.15) is 22.8 Å². The zero-order valence-electron chi connectivity index (χ0n) is 19.4. The molecule has 0 spiro atoms. The Kier molecular flexibility index (Phi) is 6.52. The smallest absolute Gasteiger partial charge is 0.340 e. The number of aromatic nitrogens is 4. The second-order valence-electron chi connectivity index (χ2n) is 8.26. The summed E-state index contributed by atoms with van der Waals surface area (Å²) in [5.74, 6) is -0.392. The summed E-state index contributed by atoms with van der Waals surface area (Å²) in [6.45, 7) is -0.334. The number of nitrogens with zero attached hydrogens (tertiary/aromatic N) is 5. The van der Waals surface area contributed by atoms with Gasteiger partial charge in [0.05, 0.1) is 47.5 Å². The van der Waals surface area contributed by atoms with E-state index in [2.05, 4.69) is 9.97 Å². The molecule has 0 aliphatic carbocycles. The number of rotatable bonds is 6. The van der Waals surface area contributed by atoms with Crippen molar-refractivity contribution in [3.8, 4) is 23.0 Å². The minimum absolute atomic E-state index is 0.00129. The molecule has 1 atom stereocenters. The molecule has 4 aromatic rings. The van der Waals surface area contributed by atoms with Gasteiger partial charge in [0.25, 0.3) is 5.56 Å². The van der Waals surface area contributed by atoms with Crippen LogP contribution in [0.2, 0.25) is 5.02 Å². The van der Waals surface area contributed by atoms with E-state index < -0.39 is 30.0 Å².